The molecule has 1 saturated heterocycles. The monoisotopic (exact) mass is 356 g/mol. The third-order valence-corrected chi connectivity index (χ3v) is 4.53. The number of halogens is 1. The molecule has 0 saturated carbocycles. The molecular formula is C15H21BrN2O3. The van der Waals surface area contributed by atoms with E-state index in [1.165, 1.54) is 0 Å². The lowest BCUT2D eigenvalue weighted by Gasteiger charge is -2.37. The number of piperazine rings is 1. The number of ether oxygens (including phenoxy) is 1. The van der Waals surface area contributed by atoms with Crippen LogP contribution in [0.25, 0.3) is 0 Å². The van der Waals surface area contributed by atoms with E-state index in [4.69, 9.17) is 4.74 Å². The van der Waals surface area contributed by atoms with Crippen LogP contribution in [0.15, 0.2) is 22.7 Å². The van der Waals surface area contributed by atoms with Crippen LogP contribution in [0.3, 0.4) is 0 Å². The van der Waals surface area contributed by atoms with E-state index in [0.717, 1.165) is 42.0 Å². The van der Waals surface area contributed by atoms with Crippen molar-refractivity contribution in [2.24, 2.45) is 0 Å². The van der Waals surface area contributed by atoms with Crippen LogP contribution in [0.2, 0.25) is 0 Å². The fourth-order valence-electron chi connectivity index (χ4n) is 2.65. The van der Waals surface area contributed by atoms with E-state index in [1.807, 2.05) is 18.2 Å². The van der Waals surface area contributed by atoms with Crippen LogP contribution < -0.4 is 4.74 Å². The Morgan fingerprint density at radius 2 is 2.05 bits per heavy atom. The normalized spacial score (nSPS) is 18.4. The van der Waals surface area contributed by atoms with Crippen molar-refractivity contribution in [3.8, 4) is 5.75 Å². The van der Waals surface area contributed by atoms with Crippen molar-refractivity contribution >= 4 is 21.9 Å². The summed E-state index contributed by atoms with van der Waals surface area (Å²) < 4.78 is 6.09. The number of hydrogen-bond acceptors (Lipinski definition) is 4. The zero-order chi connectivity index (χ0) is 15.4. The van der Waals surface area contributed by atoms with Crippen LogP contribution in [0.5, 0.6) is 5.75 Å². The van der Waals surface area contributed by atoms with Crippen LogP contribution in [0, 0.1) is 0 Å². The molecule has 1 fully saturated rings. The molecular weight excluding hydrogens is 336 g/mol. The maximum absolute atomic E-state index is 11.2. The first kappa shape index (κ1) is 16.3. The zero-order valence-electron chi connectivity index (χ0n) is 12.4. The summed E-state index contributed by atoms with van der Waals surface area (Å²) in [6, 6.07) is 5.70. The lowest BCUT2D eigenvalue weighted by Crippen LogP contribution is -2.46. The molecule has 116 valence electrons. The standard InChI is InChI=1S/C15H21BrN2O3/c1-17-5-7-18(8-6-17)13(10-15(19)20)11-3-4-14(21-2)12(16)9-11/h3-4,9,13H,5-8,10H2,1-2H3,(H,19,20). The van der Waals surface area contributed by atoms with Gasteiger partial charge in [-0.05, 0) is 40.7 Å². The number of carboxylic acid groups (broad SMARTS) is 1. The average molecular weight is 357 g/mol. The van der Waals surface area contributed by atoms with Gasteiger partial charge in [0.2, 0.25) is 0 Å². The molecule has 1 aliphatic heterocycles. The summed E-state index contributed by atoms with van der Waals surface area (Å²) >= 11 is 3.48. The number of nitrogens with zero attached hydrogens (tertiary/aromatic N) is 2. The van der Waals surface area contributed by atoms with E-state index >= 15 is 0 Å². The molecule has 0 aliphatic carbocycles. The van der Waals surface area contributed by atoms with Crippen molar-refractivity contribution in [3.63, 3.8) is 0 Å². The third-order valence-electron chi connectivity index (χ3n) is 3.91. The molecule has 2 rings (SSSR count). The minimum absolute atomic E-state index is 0.0987. The summed E-state index contributed by atoms with van der Waals surface area (Å²) in [6.45, 7) is 3.71. The highest BCUT2D eigenvalue weighted by Crippen LogP contribution is 2.32. The van der Waals surface area contributed by atoms with E-state index in [9.17, 15) is 9.90 Å². The van der Waals surface area contributed by atoms with Gasteiger partial charge in [-0.1, -0.05) is 6.07 Å². The van der Waals surface area contributed by atoms with Gasteiger partial charge in [0.05, 0.1) is 18.0 Å². The van der Waals surface area contributed by atoms with E-state index in [1.54, 1.807) is 7.11 Å². The molecule has 0 bridgehead atoms. The second kappa shape index (κ2) is 7.24. The smallest absolute Gasteiger partial charge is 0.305 e. The van der Waals surface area contributed by atoms with E-state index in [0.29, 0.717) is 0 Å². The van der Waals surface area contributed by atoms with Crippen LogP contribution in [0.4, 0.5) is 0 Å². The lowest BCUT2D eigenvalue weighted by atomic mass is 10.0. The molecule has 6 heteroatoms. The number of methoxy groups -OCH3 is 1. The number of hydrogen-bond donors (Lipinski definition) is 1. The molecule has 1 atom stereocenters. The molecule has 1 unspecified atom stereocenters. The Labute approximate surface area is 133 Å². The van der Waals surface area contributed by atoms with Crippen molar-refractivity contribution in [1.82, 2.24) is 9.80 Å². The largest absolute Gasteiger partial charge is 0.496 e. The summed E-state index contributed by atoms with van der Waals surface area (Å²) in [7, 11) is 3.71. The predicted molar refractivity (Wildman–Crippen MR) is 84.8 cm³/mol. The summed E-state index contributed by atoms with van der Waals surface area (Å²) in [5.74, 6) is -0.0166. The number of benzene rings is 1. The van der Waals surface area contributed by atoms with Crippen molar-refractivity contribution in [1.29, 1.82) is 0 Å². The van der Waals surface area contributed by atoms with Gasteiger partial charge in [0.1, 0.15) is 5.75 Å². The number of aliphatic carboxylic acids is 1. The fraction of sp³-hybridized carbons (Fsp3) is 0.533. The summed E-state index contributed by atoms with van der Waals surface area (Å²) in [5, 5.41) is 9.22. The van der Waals surface area contributed by atoms with Gasteiger partial charge in [-0.25, -0.2) is 0 Å². The highest BCUT2D eigenvalue weighted by molar-refractivity contribution is 9.10. The first-order valence-corrected chi connectivity index (χ1v) is 7.78. The molecule has 1 heterocycles. The minimum Gasteiger partial charge on any atom is -0.496 e. The van der Waals surface area contributed by atoms with Crippen molar-refractivity contribution in [2.45, 2.75) is 12.5 Å². The molecule has 1 aromatic rings. The molecule has 0 spiro atoms. The SMILES string of the molecule is COc1ccc(C(CC(=O)O)N2CCN(C)CC2)cc1Br. The molecule has 1 aliphatic rings. The maximum Gasteiger partial charge on any atom is 0.305 e. The van der Waals surface area contributed by atoms with Gasteiger partial charge in [-0.3, -0.25) is 9.69 Å². The van der Waals surface area contributed by atoms with Crippen molar-refractivity contribution in [2.75, 3.05) is 40.3 Å². The lowest BCUT2D eigenvalue weighted by molar-refractivity contribution is -0.138. The quantitative estimate of drug-likeness (QED) is 0.876. The number of carbonyl (C=O) groups is 1. The van der Waals surface area contributed by atoms with Gasteiger partial charge in [-0.2, -0.15) is 0 Å². The molecule has 0 amide bonds. The van der Waals surface area contributed by atoms with Gasteiger partial charge >= 0.3 is 5.97 Å². The Bertz CT molecular complexity index is 502. The highest BCUT2D eigenvalue weighted by atomic mass is 79.9. The van der Waals surface area contributed by atoms with Gasteiger partial charge in [0, 0.05) is 32.2 Å². The Morgan fingerprint density at radius 3 is 2.57 bits per heavy atom. The van der Waals surface area contributed by atoms with E-state index in [2.05, 4.69) is 32.8 Å². The molecule has 1 aromatic carbocycles. The number of rotatable bonds is 5. The van der Waals surface area contributed by atoms with Gasteiger partial charge < -0.3 is 14.7 Å². The van der Waals surface area contributed by atoms with Gasteiger partial charge in [0.15, 0.2) is 0 Å². The van der Waals surface area contributed by atoms with Crippen LogP contribution >= 0.6 is 15.9 Å². The second-order valence-electron chi connectivity index (χ2n) is 5.35. The molecule has 0 aromatic heterocycles. The molecule has 5 nitrogen and oxygen atoms in total. The number of carboxylic acids is 1. The summed E-state index contributed by atoms with van der Waals surface area (Å²) in [6.07, 6.45) is 0.114. The van der Waals surface area contributed by atoms with Crippen LogP contribution in [0.1, 0.15) is 18.0 Å². The zero-order valence-corrected chi connectivity index (χ0v) is 14.0. The Hall–Kier alpha value is -1.11. The second-order valence-corrected chi connectivity index (χ2v) is 6.20. The highest BCUT2D eigenvalue weighted by Gasteiger charge is 2.26. The average Bonchev–Trinajstić information content (AvgIpc) is 2.45. The summed E-state index contributed by atoms with van der Waals surface area (Å²) in [4.78, 5) is 15.7. The number of likely N-dealkylation sites (N-methyl/N-ethyl adjacent to an activating group) is 1. The topological polar surface area (TPSA) is 53.0 Å². The first-order chi connectivity index (χ1) is 10.0. The predicted octanol–water partition coefficient (Wildman–Crippen LogP) is 2.22. The molecule has 0 radical (unpaired) electrons. The maximum atomic E-state index is 11.2. The fourth-order valence-corrected chi connectivity index (χ4v) is 3.21. The molecule has 21 heavy (non-hydrogen) atoms. The van der Waals surface area contributed by atoms with Crippen molar-refractivity contribution in [3.05, 3.63) is 28.2 Å². The van der Waals surface area contributed by atoms with Crippen molar-refractivity contribution < 1.29 is 14.6 Å². The Kier molecular flexibility index (Phi) is 5.61. The van der Waals surface area contributed by atoms with Crippen LogP contribution in [-0.2, 0) is 4.79 Å². The van der Waals surface area contributed by atoms with E-state index in [-0.39, 0.29) is 12.5 Å². The third kappa shape index (κ3) is 4.18. The van der Waals surface area contributed by atoms with E-state index < -0.39 is 5.97 Å². The Balaban J connectivity index is 2.23. The first-order valence-electron chi connectivity index (χ1n) is 6.99. The van der Waals surface area contributed by atoms with Gasteiger partial charge in [-0.15, -0.1) is 0 Å². The summed E-state index contributed by atoms with van der Waals surface area (Å²) in [5.41, 5.74) is 1.01. The minimum atomic E-state index is -0.772. The Morgan fingerprint density at radius 1 is 1.38 bits per heavy atom. The molecule has 1 N–H and O–H groups in total. The van der Waals surface area contributed by atoms with Crippen LogP contribution in [-0.4, -0.2) is 61.2 Å². The van der Waals surface area contributed by atoms with Gasteiger partial charge in [0.25, 0.3) is 0 Å².